The second-order valence-electron chi connectivity index (χ2n) is 0.100. The van der Waals surface area contributed by atoms with Crippen LogP contribution in [0.2, 0.25) is 0 Å². The maximum atomic E-state index is 7.15. The van der Waals surface area contributed by atoms with Gasteiger partial charge in [0.2, 0.25) is 0 Å². The molecule has 0 bridgehead atoms. The third kappa shape index (κ3) is 65.0. The summed E-state index contributed by atoms with van der Waals surface area (Å²) >= 11 is 0. The lowest BCUT2D eigenvalue weighted by Crippen LogP contribution is -1.45. The zero-order valence-electron chi connectivity index (χ0n) is 2.55. The summed E-state index contributed by atoms with van der Waals surface area (Å²) in [7, 11) is 1.000. The molecule has 0 amide bonds. The molecule has 34 valence electrons. The molecule has 0 aliphatic heterocycles. The average Bonchev–Trinajstić information content (AvgIpc) is 1.46. The third-order valence-corrected chi connectivity index (χ3v) is 0. The quantitative estimate of drug-likeness (QED) is 0.362. The molecule has 0 aromatic rings. The van der Waals surface area contributed by atoms with Crippen LogP contribution in [0.15, 0.2) is 0 Å². The van der Waals surface area contributed by atoms with E-state index in [1.165, 1.54) is 0 Å². The van der Waals surface area contributed by atoms with Crippen LogP contribution in [0.25, 0.3) is 0 Å². The van der Waals surface area contributed by atoms with Gasteiger partial charge in [-0.15, -0.1) is 0 Å². The second kappa shape index (κ2) is 21.9. The Hall–Kier alpha value is 0.740. The average molecular weight is 115 g/mol. The van der Waals surface area contributed by atoms with Crippen LogP contribution in [0.1, 0.15) is 0 Å². The minimum Gasteiger partial charge on any atom is -0.352 e. The first-order valence-corrected chi connectivity index (χ1v) is 2.34. The number of nitrogens with two attached hydrogens (primary N) is 1. The monoisotopic (exact) mass is 115 g/mol. The zero-order valence-corrected chi connectivity index (χ0v) is 4.70. The molecule has 4 N–H and O–H groups in total. The van der Waals surface area contributed by atoms with E-state index in [0.29, 0.717) is 0 Å². The maximum Gasteiger partial charge on any atom is 0.149 e. The van der Waals surface area contributed by atoms with Crippen LogP contribution in [-0.4, -0.2) is 9.79 Å². The van der Waals surface area contributed by atoms with Crippen molar-refractivity contribution in [1.29, 1.82) is 0 Å². The van der Waals surface area contributed by atoms with E-state index >= 15 is 0 Å². The van der Waals surface area contributed by atoms with Crippen LogP contribution in [0, 0.1) is 0 Å². The van der Waals surface area contributed by atoms with E-state index in [1.807, 2.05) is 9.39 Å². The minimum absolute atomic E-state index is 0.917. The Morgan fingerprint density at radius 1 is 1.40 bits per heavy atom. The Morgan fingerprint density at radius 3 is 1.40 bits per heavy atom. The lowest BCUT2D eigenvalue weighted by atomic mass is 13.9. The number of hydrogen-bond donors (Lipinski definition) is 3. The van der Waals surface area contributed by atoms with Crippen molar-refractivity contribution in [3.63, 3.8) is 0 Å². The van der Waals surface area contributed by atoms with Gasteiger partial charge in [0.25, 0.3) is 0 Å². The molecular formula is H7NO2P2. The van der Waals surface area contributed by atoms with E-state index in [2.05, 4.69) is 5.50 Å². The maximum absolute atomic E-state index is 7.15. The third-order valence-electron chi connectivity index (χ3n) is 0. The van der Waals surface area contributed by atoms with Crippen molar-refractivity contribution in [3.8, 4) is 0 Å². The fourth-order valence-electron chi connectivity index (χ4n) is 0. The predicted molar refractivity (Wildman–Crippen MR) is 26.7 cm³/mol. The van der Waals surface area contributed by atoms with Crippen LogP contribution >= 0.6 is 18.4 Å². The Kier molecular flexibility index (Phi) is 40.4. The van der Waals surface area contributed by atoms with Gasteiger partial charge in [0.1, 0.15) is 9.03 Å². The molecule has 3 nitrogen and oxygen atoms in total. The van der Waals surface area contributed by atoms with Crippen LogP contribution < -0.4 is 5.50 Å². The number of rotatable bonds is 0. The first-order valence-electron chi connectivity index (χ1n) is 0.781. The van der Waals surface area contributed by atoms with Crippen molar-refractivity contribution < 1.29 is 9.79 Å². The van der Waals surface area contributed by atoms with Gasteiger partial charge >= 0.3 is 0 Å². The van der Waals surface area contributed by atoms with Gasteiger partial charge in [0.15, 0.2) is 0 Å². The Balaban J connectivity index is 0. The Morgan fingerprint density at radius 2 is 1.40 bits per heavy atom. The molecule has 0 rings (SSSR count). The van der Waals surface area contributed by atoms with Crippen molar-refractivity contribution in [2.75, 3.05) is 0 Å². The summed E-state index contributed by atoms with van der Waals surface area (Å²) < 4.78 is 0. The summed E-state index contributed by atoms with van der Waals surface area (Å²) in [6.45, 7) is 0. The first-order chi connectivity index (χ1) is 2.41. The van der Waals surface area contributed by atoms with Gasteiger partial charge in [-0.05, 0) is 0 Å². The lowest BCUT2D eigenvalue weighted by Gasteiger charge is -1.54. The normalized spacial score (nSPS) is 4.80. The van der Waals surface area contributed by atoms with Gasteiger partial charge in [-0.2, -0.15) is 0 Å². The summed E-state index contributed by atoms with van der Waals surface area (Å²) in [5, 5.41) is 0. The van der Waals surface area contributed by atoms with Crippen LogP contribution in [0.4, 0.5) is 0 Å². The van der Waals surface area contributed by atoms with Crippen LogP contribution in [0.3, 0.4) is 0 Å². The molecule has 0 heterocycles. The molecule has 0 saturated heterocycles. The molecule has 0 saturated carbocycles. The SMILES string of the molecule is NP.OPO. The highest BCUT2D eigenvalue weighted by molar-refractivity contribution is 7.23. The van der Waals surface area contributed by atoms with Gasteiger partial charge in [0.05, 0.1) is 0 Å². The Bertz CT molecular complexity index is 7.61. The molecular weight excluding hydrogens is 108 g/mol. The molecule has 0 radical (unpaired) electrons. The van der Waals surface area contributed by atoms with Crippen molar-refractivity contribution in [1.82, 2.24) is 0 Å². The standard InChI is InChI=1S/H4NP.H3O2P/c1-2;1-3-2/h1-2H2;1-3H. The van der Waals surface area contributed by atoms with Crippen molar-refractivity contribution in [2.24, 2.45) is 5.50 Å². The highest BCUT2D eigenvalue weighted by Crippen LogP contribution is 1.81. The molecule has 5 heteroatoms. The lowest BCUT2D eigenvalue weighted by molar-refractivity contribution is 0.513. The summed E-state index contributed by atoms with van der Waals surface area (Å²) in [5.74, 6) is 0. The number of hydrogen-bond acceptors (Lipinski definition) is 3. The van der Waals surface area contributed by atoms with E-state index in [4.69, 9.17) is 9.79 Å². The fourth-order valence-corrected chi connectivity index (χ4v) is 0. The molecule has 0 aliphatic carbocycles. The molecule has 0 fully saturated rings. The van der Waals surface area contributed by atoms with Gasteiger partial charge in [-0.25, -0.2) is 0 Å². The van der Waals surface area contributed by atoms with E-state index in [9.17, 15) is 0 Å². The van der Waals surface area contributed by atoms with Crippen molar-refractivity contribution in [2.45, 2.75) is 0 Å². The van der Waals surface area contributed by atoms with Gasteiger partial charge in [0, 0.05) is 0 Å². The largest absolute Gasteiger partial charge is 0.352 e. The van der Waals surface area contributed by atoms with Gasteiger partial charge < -0.3 is 15.3 Å². The second-order valence-corrected chi connectivity index (χ2v) is 0.300. The van der Waals surface area contributed by atoms with Gasteiger partial charge in [-0.3, -0.25) is 0 Å². The van der Waals surface area contributed by atoms with Crippen LogP contribution in [-0.2, 0) is 0 Å². The molecule has 0 aliphatic rings. The predicted octanol–water partition coefficient (Wildman–Crippen LogP) is -0.785. The minimum atomic E-state index is -0.917. The van der Waals surface area contributed by atoms with Crippen molar-refractivity contribution in [3.05, 3.63) is 0 Å². The van der Waals surface area contributed by atoms with E-state index in [0.717, 1.165) is 0 Å². The molecule has 0 aromatic heterocycles. The molecule has 0 aromatic carbocycles. The molecule has 0 spiro atoms. The van der Waals surface area contributed by atoms with E-state index in [1.54, 1.807) is 0 Å². The summed E-state index contributed by atoms with van der Waals surface area (Å²) in [6, 6.07) is 0. The van der Waals surface area contributed by atoms with Crippen LogP contribution in [0.5, 0.6) is 0 Å². The summed E-state index contributed by atoms with van der Waals surface area (Å²) in [5.41, 5.74) is 4.42. The molecule has 1 atom stereocenters. The first kappa shape index (κ1) is 9.22. The smallest absolute Gasteiger partial charge is 0.149 e. The summed E-state index contributed by atoms with van der Waals surface area (Å²) in [4.78, 5) is 14.3. The summed E-state index contributed by atoms with van der Waals surface area (Å²) in [6.07, 6.45) is 0. The zero-order chi connectivity index (χ0) is 4.71. The highest BCUT2D eigenvalue weighted by atomic mass is 31.1. The molecule has 1 unspecified atom stereocenters. The van der Waals surface area contributed by atoms with E-state index < -0.39 is 9.03 Å². The van der Waals surface area contributed by atoms with Crippen molar-refractivity contribution >= 4 is 18.4 Å². The topological polar surface area (TPSA) is 66.5 Å². The highest BCUT2D eigenvalue weighted by Gasteiger charge is 1.34. The Labute approximate surface area is 34.8 Å². The fraction of sp³-hybridized carbons (Fsp3) is 0. The molecule has 5 heavy (non-hydrogen) atoms. The van der Waals surface area contributed by atoms with E-state index in [-0.39, 0.29) is 0 Å². The van der Waals surface area contributed by atoms with Gasteiger partial charge in [-0.1, -0.05) is 9.39 Å².